The summed E-state index contributed by atoms with van der Waals surface area (Å²) in [6.45, 7) is 7.89. The number of thiazole rings is 1. The van der Waals surface area contributed by atoms with Crippen LogP contribution in [0.4, 0.5) is 0 Å². The van der Waals surface area contributed by atoms with Crippen molar-refractivity contribution in [2.75, 3.05) is 7.05 Å². The third-order valence-corrected chi connectivity index (χ3v) is 3.45. The third-order valence-electron chi connectivity index (χ3n) is 2.26. The maximum Gasteiger partial charge on any atom is 0.0900 e. The molecule has 1 atom stereocenters. The highest BCUT2D eigenvalue weighted by Gasteiger charge is 2.14. The van der Waals surface area contributed by atoms with Crippen molar-refractivity contribution in [2.45, 2.75) is 32.7 Å². The van der Waals surface area contributed by atoms with E-state index in [-0.39, 0.29) is 0 Å². The molecule has 1 unspecified atom stereocenters. The molecule has 1 aromatic heterocycles. The lowest BCUT2D eigenvalue weighted by atomic mass is 10.1. The second-order valence-electron chi connectivity index (χ2n) is 3.39. The molecule has 0 amide bonds. The summed E-state index contributed by atoms with van der Waals surface area (Å²) in [6.07, 6.45) is 4.11. The Morgan fingerprint density at radius 1 is 1.57 bits per heavy atom. The van der Waals surface area contributed by atoms with Crippen molar-refractivity contribution in [2.24, 2.45) is 0 Å². The van der Waals surface area contributed by atoms with Crippen LogP contribution in [0.3, 0.4) is 0 Å². The second-order valence-corrected chi connectivity index (χ2v) is 4.62. The Labute approximate surface area is 90.1 Å². The fraction of sp³-hybridized carbons (Fsp3) is 0.545. The smallest absolute Gasteiger partial charge is 0.0900 e. The zero-order valence-corrected chi connectivity index (χ0v) is 9.95. The maximum atomic E-state index is 4.44. The summed E-state index contributed by atoms with van der Waals surface area (Å²) in [4.78, 5) is 5.81. The standard InChI is InChI=1S/C11H18N2S/c1-5-6-7-10(12-4)11-8(2)13-9(3)14-11/h5,10,12H,1,6-7H2,2-4H3. The quantitative estimate of drug-likeness (QED) is 0.756. The van der Waals surface area contributed by atoms with Crippen molar-refractivity contribution in [3.63, 3.8) is 0 Å². The molecule has 0 spiro atoms. The molecule has 1 aromatic rings. The highest BCUT2D eigenvalue weighted by atomic mass is 32.1. The van der Waals surface area contributed by atoms with E-state index in [0.717, 1.165) is 23.5 Å². The van der Waals surface area contributed by atoms with Crippen molar-refractivity contribution in [3.8, 4) is 0 Å². The molecular formula is C11H18N2S. The van der Waals surface area contributed by atoms with Crippen LogP contribution in [0, 0.1) is 13.8 Å². The number of rotatable bonds is 5. The molecule has 2 nitrogen and oxygen atoms in total. The van der Waals surface area contributed by atoms with Gasteiger partial charge in [-0.3, -0.25) is 0 Å². The highest BCUT2D eigenvalue weighted by Crippen LogP contribution is 2.27. The zero-order valence-electron chi connectivity index (χ0n) is 9.13. The summed E-state index contributed by atoms with van der Waals surface area (Å²) in [5.74, 6) is 0. The fourth-order valence-corrected chi connectivity index (χ4v) is 2.63. The molecule has 0 fully saturated rings. The summed E-state index contributed by atoms with van der Waals surface area (Å²) in [6, 6.07) is 0.430. The first-order chi connectivity index (χ1) is 6.69. The van der Waals surface area contributed by atoms with Crippen LogP contribution < -0.4 is 5.32 Å². The molecule has 3 heteroatoms. The van der Waals surface area contributed by atoms with Gasteiger partial charge in [0.2, 0.25) is 0 Å². The molecule has 78 valence electrons. The minimum atomic E-state index is 0.430. The largest absolute Gasteiger partial charge is 0.312 e. The van der Waals surface area contributed by atoms with Crippen LogP contribution in [0.15, 0.2) is 12.7 Å². The molecule has 0 saturated carbocycles. The summed E-state index contributed by atoms with van der Waals surface area (Å²) < 4.78 is 0. The first-order valence-electron chi connectivity index (χ1n) is 4.91. The predicted molar refractivity (Wildman–Crippen MR) is 62.8 cm³/mol. The Hall–Kier alpha value is -0.670. The summed E-state index contributed by atoms with van der Waals surface area (Å²) in [5.41, 5.74) is 1.16. The van der Waals surface area contributed by atoms with Gasteiger partial charge in [-0.2, -0.15) is 0 Å². The lowest BCUT2D eigenvalue weighted by Gasteiger charge is -2.13. The van der Waals surface area contributed by atoms with Gasteiger partial charge in [0.25, 0.3) is 0 Å². The molecule has 0 aliphatic carbocycles. The molecule has 0 radical (unpaired) electrons. The van der Waals surface area contributed by atoms with E-state index in [1.807, 2.05) is 13.1 Å². The number of allylic oxidation sites excluding steroid dienone is 1. The van der Waals surface area contributed by atoms with Gasteiger partial charge >= 0.3 is 0 Å². The molecule has 0 aliphatic heterocycles. The van der Waals surface area contributed by atoms with Crippen molar-refractivity contribution in [1.82, 2.24) is 10.3 Å². The van der Waals surface area contributed by atoms with E-state index in [2.05, 4.69) is 30.7 Å². The molecule has 14 heavy (non-hydrogen) atoms. The van der Waals surface area contributed by atoms with E-state index >= 15 is 0 Å². The molecule has 1 rings (SSSR count). The fourth-order valence-electron chi connectivity index (χ4n) is 1.56. The minimum absolute atomic E-state index is 0.430. The minimum Gasteiger partial charge on any atom is -0.312 e. The van der Waals surface area contributed by atoms with Gasteiger partial charge in [0.1, 0.15) is 0 Å². The molecular weight excluding hydrogens is 192 g/mol. The Kier molecular flexibility index (Phi) is 4.29. The van der Waals surface area contributed by atoms with Crippen LogP contribution in [0.5, 0.6) is 0 Å². The number of nitrogens with one attached hydrogen (secondary N) is 1. The van der Waals surface area contributed by atoms with E-state index < -0.39 is 0 Å². The molecule has 0 aliphatic rings. The lowest BCUT2D eigenvalue weighted by molar-refractivity contribution is 0.560. The van der Waals surface area contributed by atoms with Gasteiger partial charge < -0.3 is 5.32 Å². The molecule has 0 saturated heterocycles. The van der Waals surface area contributed by atoms with Crippen molar-refractivity contribution in [3.05, 3.63) is 28.2 Å². The summed E-state index contributed by atoms with van der Waals surface area (Å²) in [7, 11) is 2.00. The van der Waals surface area contributed by atoms with Gasteiger partial charge in [-0.05, 0) is 33.7 Å². The maximum absolute atomic E-state index is 4.44. The van der Waals surface area contributed by atoms with Crippen LogP contribution in [0.1, 0.15) is 34.5 Å². The number of nitrogens with zero attached hydrogens (tertiary/aromatic N) is 1. The van der Waals surface area contributed by atoms with E-state index in [9.17, 15) is 0 Å². The Morgan fingerprint density at radius 3 is 2.71 bits per heavy atom. The average Bonchev–Trinajstić information content (AvgIpc) is 2.47. The van der Waals surface area contributed by atoms with E-state index in [4.69, 9.17) is 0 Å². The SMILES string of the molecule is C=CCCC(NC)c1sc(C)nc1C. The van der Waals surface area contributed by atoms with Crippen LogP contribution in [-0.2, 0) is 0 Å². The number of aryl methyl sites for hydroxylation is 2. The van der Waals surface area contributed by atoms with Gasteiger partial charge in [-0.1, -0.05) is 6.08 Å². The van der Waals surface area contributed by atoms with Crippen molar-refractivity contribution >= 4 is 11.3 Å². The van der Waals surface area contributed by atoms with E-state index in [1.165, 1.54) is 4.88 Å². The lowest BCUT2D eigenvalue weighted by Crippen LogP contribution is -2.15. The summed E-state index contributed by atoms with van der Waals surface area (Å²) >= 11 is 1.79. The monoisotopic (exact) mass is 210 g/mol. The van der Waals surface area contributed by atoms with Crippen LogP contribution in [0.25, 0.3) is 0 Å². The van der Waals surface area contributed by atoms with Crippen molar-refractivity contribution < 1.29 is 0 Å². The average molecular weight is 210 g/mol. The molecule has 1 heterocycles. The molecule has 0 aromatic carbocycles. The second kappa shape index (κ2) is 5.27. The summed E-state index contributed by atoms with van der Waals surface area (Å²) in [5, 5.41) is 4.48. The van der Waals surface area contributed by atoms with Gasteiger partial charge in [0.15, 0.2) is 0 Å². The zero-order chi connectivity index (χ0) is 10.6. The Balaban J connectivity index is 2.77. The Bertz CT molecular complexity index is 304. The topological polar surface area (TPSA) is 24.9 Å². The van der Waals surface area contributed by atoms with E-state index in [0.29, 0.717) is 6.04 Å². The number of hydrogen-bond acceptors (Lipinski definition) is 3. The number of aromatic nitrogens is 1. The predicted octanol–water partition coefficient (Wildman–Crippen LogP) is 2.99. The highest BCUT2D eigenvalue weighted by molar-refractivity contribution is 7.11. The normalized spacial score (nSPS) is 12.8. The molecule has 0 bridgehead atoms. The molecule has 1 N–H and O–H groups in total. The Morgan fingerprint density at radius 2 is 2.29 bits per heavy atom. The van der Waals surface area contributed by atoms with Crippen LogP contribution in [-0.4, -0.2) is 12.0 Å². The number of hydrogen-bond donors (Lipinski definition) is 1. The van der Waals surface area contributed by atoms with Gasteiger partial charge in [0.05, 0.1) is 10.7 Å². The van der Waals surface area contributed by atoms with E-state index in [1.54, 1.807) is 11.3 Å². The van der Waals surface area contributed by atoms with Crippen molar-refractivity contribution in [1.29, 1.82) is 0 Å². The van der Waals surface area contributed by atoms with Gasteiger partial charge in [-0.15, -0.1) is 17.9 Å². The first kappa shape index (κ1) is 11.4. The van der Waals surface area contributed by atoms with Crippen LogP contribution >= 0.6 is 11.3 Å². The first-order valence-corrected chi connectivity index (χ1v) is 5.72. The van der Waals surface area contributed by atoms with Gasteiger partial charge in [0, 0.05) is 10.9 Å². The third kappa shape index (κ3) is 2.66. The van der Waals surface area contributed by atoms with Gasteiger partial charge in [-0.25, -0.2) is 4.98 Å². The van der Waals surface area contributed by atoms with Crippen LogP contribution in [0.2, 0.25) is 0 Å².